The lowest BCUT2D eigenvalue weighted by Gasteiger charge is -2.10. The van der Waals surface area contributed by atoms with E-state index in [0.717, 1.165) is 16.7 Å². The van der Waals surface area contributed by atoms with Crippen molar-refractivity contribution >= 4 is 12.2 Å². The fourth-order valence-electron chi connectivity index (χ4n) is 2.11. The molecule has 0 radical (unpaired) electrons. The maximum absolute atomic E-state index is 10.3. The molecule has 0 aliphatic rings. The first-order valence-electron chi connectivity index (χ1n) is 7.21. The normalized spacial score (nSPS) is 10.7. The number of benzene rings is 1. The molecule has 0 atom stereocenters. The lowest BCUT2D eigenvalue weighted by atomic mass is 10.0. The van der Waals surface area contributed by atoms with Crippen molar-refractivity contribution in [3.05, 3.63) is 65.0 Å². The predicted molar refractivity (Wildman–Crippen MR) is 91.0 cm³/mol. The van der Waals surface area contributed by atoms with Gasteiger partial charge in [0.25, 0.3) is 0 Å². The number of pyridine rings is 1. The van der Waals surface area contributed by atoms with Crippen molar-refractivity contribution < 1.29 is 9.84 Å². The number of methoxy groups -OCH3 is 1. The third-order valence-electron chi connectivity index (χ3n) is 3.32. The van der Waals surface area contributed by atoms with Gasteiger partial charge in [0, 0.05) is 18.0 Å². The zero-order chi connectivity index (χ0) is 15.9. The molecular weight excluding hydrogens is 274 g/mol. The summed E-state index contributed by atoms with van der Waals surface area (Å²) in [7, 11) is 1.62. The summed E-state index contributed by atoms with van der Waals surface area (Å²) >= 11 is 0. The van der Waals surface area contributed by atoms with Crippen LogP contribution in [0.3, 0.4) is 0 Å². The number of hydrogen-bond acceptors (Lipinski definition) is 3. The fraction of sp³-hybridized carbons (Fsp3) is 0.211. The van der Waals surface area contributed by atoms with Gasteiger partial charge in [-0.05, 0) is 55.7 Å². The van der Waals surface area contributed by atoms with Gasteiger partial charge in [-0.2, -0.15) is 0 Å². The molecule has 0 unspecified atom stereocenters. The van der Waals surface area contributed by atoms with Crippen molar-refractivity contribution in [3.63, 3.8) is 0 Å². The van der Waals surface area contributed by atoms with E-state index in [1.54, 1.807) is 25.6 Å². The van der Waals surface area contributed by atoms with Gasteiger partial charge in [-0.1, -0.05) is 23.8 Å². The van der Waals surface area contributed by atoms with Crippen LogP contribution in [-0.4, -0.2) is 17.2 Å². The molecule has 0 aliphatic heterocycles. The van der Waals surface area contributed by atoms with Gasteiger partial charge in [-0.15, -0.1) is 0 Å². The molecule has 22 heavy (non-hydrogen) atoms. The summed E-state index contributed by atoms with van der Waals surface area (Å²) in [5, 5.41) is 10.3. The van der Waals surface area contributed by atoms with Gasteiger partial charge < -0.3 is 9.84 Å². The average Bonchev–Trinajstić information content (AvgIpc) is 2.52. The number of rotatable bonds is 5. The molecule has 0 saturated heterocycles. The maximum atomic E-state index is 10.3. The van der Waals surface area contributed by atoms with E-state index in [1.807, 2.05) is 44.2 Å². The molecule has 3 nitrogen and oxygen atoms in total. The molecule has 114 valence electrons. The van der Waals surface area contributed by atoms with Crippen LogP contribution in [0.2, 0.25) is 0 Å². The third kappa shape index (κ3) is 4.22. The van der Waals surface area contributed by atoms with Crippen molar-refractivity contribution in [2.75, 3.05) is 7.11 Å². The van der Waals surface area contributed by atoms with Crippen molar-refractivity contribution in [3.8, 4) is 11.5 Å². The summed E-state index contributed by atoms with van der Waals surface area (Å²) in [6, 6.07) is 7.55. The Morgan fingerprint density at radius 3 is 2.45 bits per heavy atom. The molecule has 1 aromatic heterocycles. The average molecular weight is 295 g/mol. The van der Waals surface area contributed by atoms with Crippen LogP contribution in [0.15, 0.2) is 48.3 Å². The van der Waals surface area contributed by atoms with Crippen LogP contribution in [0.4, 0.5) is 0 Å². The Balaban J connectivity index is 2.29. The monoisotopic (exact) mass is 295 g/mol. The van der Waals surface area contributed by atoms with E-state index in [4.69, 9.17) is 4.74 Å². The Bertz CT molecular complexity index is 684. The standard InChI is InChI=1S/C19H21NO2/c1-14(2)4-7-17-18(21)12-16(13-19(17)22-3)6-5-15-8-10-20-11-9-15/h4-6,8-13,21H,7H2,1-3H3. The van der Waals surface area contributed by atoms with Gasteiger partial charge in [-0.3, -0.25) is 4.98 Å². The summed E-state index contributed by atoms with van der Waals surface area (Å²) in [5.74, 6) is 0.957. The van der Waals surface area contributed by atoms with Crippen LogP contribution >= 0.6 is 0 Å². The highest BCUT2D eigenvalue weighted by molar-refractivity contribution is 5.71. The van der Waals surface area contributed by atoms with Crippen LogP contribution in [0.1, 0.15) is 30.5 Å². The van der Waals surface area contributed by atoms with Gasteiger partial charge >= 0.3 is 0 Å². The molecule has 0 amide bonds. The van der Waals surface area contributed by atoms with Crippen LogP contribution in [-0.2, 0) is 6.42 Å². The van der Waals surface area contributed by atoms with Crippen molar-refractivity contribution in [2.45, 2.75) is 20.3 Å². The topological polar surface area (TPSA) is 42.4 Å². The fourth-order valence-corrected chi connectivity index (χ4v) is 2.11. The van der Waals surface area contributed by atoms with E-state index in [-0.39, 0.29) is 5.75 Å². The second-order valence-corrected chi connectivity index (χ2v) is 5.32. The quantitative estimate of drug-likeness (QED) is 0.827. The van der Waals surface area contributed by atoms with E-state index in [2.05, 4.69) is 11.1 Å². The number of ether oxygens (including phenoxy) is 1. The van der Waals surface area contributed by atoms with Crippen molar-refractivity contribution in [2.24, 2.45) is 0 Å². The van der Waals surface area contributed by atoms with Gasteiger partial charge in [0.1, 0.15) is 11.5 Å². The minimum Gasteiger partial charge on any atom is -0.507 e. The molecule has 0 bridgehead atoms. The first-order chi connectivity index (χ1) is 10.6. The Labute approximate surface area is 131 Å². The van der Waals surface area contributed by atoms with E-state index in [0.29, 0.717) is 12.2 Å². The lowest BCUT2D eigenvalue weighted by Crippen LogP contribution is -1.93. The third-order valence-corrected chi connectivity index (χ3v) is 3.32. The highest BCUT2D eigenvalue weighted by Gasteiger charge is 2.09. The van der Waals surface area contributed by atoms with Crippen LogP contribution in [0, 0.1) is 0 Å². The molecular formula is C19H21NO2. The predicted octanol–water partition coefficient (Wildman–Crippen LogP) is 4.47. The van der Waals surface area contributed by atoms with Crippen LogP contribution in [0.25, 0.3) is 12.2 Å². The van der Waals surface area contributed by atoms with E-state index >= 15 is 0 Å². The highest BCUT2D eigenvalue weighted by atomic mass is 16.5. The number of hydrogen-bond donors (Lipinski definition) is 1. The molecule has 1 aromatic carbocycles. The summed E-state index contributed by atoms with van der Waals surface area (Å²) in [6.45, 7) is 4.07. The van der Waals surface area contributed by atoms with E-state index in [1.165, 1.54) is 5.57 Å². The van der Waals surface area contributed by atoms with Crippen molar-refractivity contribution in [1.29, 1.82) is 0 Å². The largest absolute Gasteiger partial charge is 0.507 e. The van der Waals surface area contributed by atoms with Gasteiger partial charge in [0.05, 0.1) is 7.11 Å². The zero-order valence-corrected chi connectivity index (χ0v) is 13.2. The molecule has 2 rings (SSSR count). The highest BCUT2D eigenvalue weighted by Crippen LogP contribution is 2.31. The molecule has 1 N–H and O–H groups in total. The zero-order valence-electron chi connectivity index (χ0n) is 13.2. The number of phenols is 1. The number of aromatic nitrogens is 1. The van der Waals surface area contributed by atoms with Crippen LogP contribution < -0.4 is 4.74 Å². The lowest BCUT2D eigenvalue weighted by molar-refractivity contribution is 0.401. The van der Waals surface area contributed by atoms with Gasteiger partial charge in [-0.25, -0.2) is 0 Å². The molecule has 2 aromatic rings. The Morgan fingerprint density at radius 2 is 1.82 bits per heavy atom. The molecule has 0 aliphatic carbocycles. The summed E-state index contributed by atoms with van der Waals surface area (Å²) in [5.41, 5.74) is 3.97. The Morgan fingerprint density at radius 1 is 1.14 bits per heavy atom. The summed E-state index contributed by atoms with van der Waals surface area (Å²) in [6.07, 6.45) is 10.2. The summed E-state index contributed by atoms with van der Waals surface area (Å²) < 4.78 is 5.42. The van der Waals surface area contributed by atoms with Gasteiger partial charge in [0.15, 0.2) is 0 Å². The van der Waals surface area contributed by atoms with Gasteiger partial charge in [0.2, 0.25) is 0 Å². The molecule has 0 spiro atoms. The van der Waals surface area contributed by atoms with Crippen molar-refractivity contribution in [1.82, 2.24) is 4.98 Å². The maximum Gasteiger partial charge on any atom is 0.126 e. The van der Waals surface area contributed by atoms with Crippen LogP contribution in [0.5, 0.6) is 11.5 Å². The van der Waals surface area contributed by atoms with E-state index < -0.39 is 0 Å². The molecule has 3 heteroatoms. The number of nitrogens with zero attached hydrogens (tertiary/aromatic N) is 1. The first kappa shape index (κ1) is 15.8. The SMILES string of the molecule is COc1cc(C=Cc2ccncc2)cc(O)c1CC=C(C)C. The molecule has 1 heterocycles. The number of aromatic hydroxyl groups is 1. The second-order valence-electron chi connectivity index (χ2n) is 5.32. The number of phenolic OH excluding ortho intramolecular Hbond substituents is 1. The Kier molecular flexibility index (Phi) is 5.37. The number of allylic oxidation sites excluding steroid dienone is 2. The van der Waals surface area contributed by atoms with E-state index in [9.17, 15) is 5.11 Å². The minimum absolute atomic E-state index is 0.256. The smallest absolute Gasteiger partial charge is 0.126 e. The second kappa shape index (κ2) is 7.46. The minimum atomic E-state index is 0.256. The summed E-state index contributed by atoms with van der Waals surface area (Å²) in [4.78, 5) is 3.99. The first-order valence-corrected chi connectivity index (χ1v) is 7.21. The molecule has 0 saturated carbocycles. The Hall–Kier alpha value is -2.55. The molecule has 0 fully saturated rings.